The van der Waals surface area contributed by atoms with E-state index >= 15 is 0 Å². The molecule has 2 unspecified atom stereocenters. The molecular formula is C14H21NO3. The first-order valence-electron chi connectivity index (χ1n) is 6.20. The normalized spacial score (nSPS) is 13.8. The van der Waals surface area contributed by atoms with Crippen LogP contribution in [-0.4, -0.2) is 24.7 Å². The Morgan fingerprint density at radius 2 is 2.11 bits per heavy atom. The second kappa shape index (κ2) is 7.01. The van der Waals surface area contributed by atoms with Crippen molar-refractivity contribution in [1.82, 2.24) is 0 Å². The monoisotopic (exact) mass is 251 g/mol. The second-order valence-corrected chi connectivity index (χ2v) is 4.34. The van der Waals surface area contributed by atoms with E-state index in [0.717, 1.165) is 12.0 Å². The Bertz CT molecular complexity index is 390. The minimum atomic E-state index is -0.601. The van der Waals surface area contributed by atoms with Gasteiger partial charge in [0, 0.05) is 6.04 Å². The van der Waals surface area contributed by atoms with E-state index in [0.29, 0.717) is 12.4 Å². The van der Waals surface area contributed by atoms with Crippen molar-refractivity contribution in [1.29, 1.82) is 0 Å². The van der Waals surface area contributed by atoms with Gasteiger partial charge in [0.05, 0.1) is 6.61 Å². The third kappa shape index (κ3) is 4.75. The second-order valence-electron chi connectivity index (χ2n) is 4.34. The standard InChI is InChI=1S/C14H21NO3/c1-4-17-14(16)11(3)18-13-7-5-6-12(9-13)8-10(2)15/h5-7,9-11H,4,8,15H2,1-3H3. The number of hydrogen-bond acceptors (Lipinski definition) is 4. The van der Waals surface area contributed by atoms with Crippen LogP contribution in [0.2, 0.25) is 0 Å². The van der Waals surface area contributed by atoms with Crippen LogP contribution in [0.25, 0.3) is 0 Å². The van der Waals surface area contributed by atoms with E-state index in [1.165, 1.54) is 0 Å². The zero-order chi connectivity index (χ0) is 13.5. The fourth-order valence-electron chi connectivity index (χ4n) is 1.63. The topological polar surface area (TPSA) is 61.5 Å². The molecule has 0 amide bonds. The summed E-state index contributed by atoms with van der Waals surface area (Å²) in [5.41, 5.74) is 6.84. The third-order valence-corrected chi connectivity index (χ3v) is 2.39. The van der Waals surface area contributed by atoms with E-state index in [1.807, 2.05) is 31.2 Å². The first-order valence-corrected chi connectivity index (χ1v) is 6.20. The molecule has 0 aliphatic carbocycles. The predicted octanol–water partition coefficient (Wildman–Crippen LogP) is 1.91. The summed E-state index contributed by atoms with van der Waals surface area (Å²) in [6.07, 6.45) is 0.181. The highest BCUT2D eigenvalue weighted by Crippen LogP contribution is 2.16. The van der Waals surface area contributed by atoms with Crippen LogP contribution < -0.4 is 10.5 Å². The van der Waals surface area contributed by atoms with Gasteiger partial charge in [-0.15, -0.1) is 0 Å². The van der Waals surface area contributed by atoms with E-state index in [4.69, 9.17) is 15.2 Å². The molecule has 0 fully saturated rings. The van der Waals surface area contributed by atoms with Gasteiger partial charge in [0.15, 0.2) is 6.10 Å². The van der Waals surface area contributed by atoms with Crippen LogP contribution in [0, 0.1) is 0 Å². The number of carbonyl (C=O) groups excluding carboxylic acids is 1. The Morgan fingerprint density at radius 3 is 2.72 bits per heavy atom. The zero-order valence-electron chi connectivity index (χ0n) is 11.2. The third-order valence-electron chi connectivity index (χ3n) is 2.39. The summed E-state index contributed by atoms with van der Waals surface area (Å²) in [5, 5.41) is 0. The van der Waals surface area contributed by atoms with Crippen LogP contribution in [0.5, 0.6) is 5.75 Å². The summed E-state index contributed by atoms with van der Waals surface area (Å²) < 4.78 is 10.4. The number of nitrogens with two attached hydrogens (primary N) is 1. The molecule has 100 valence electrons. The number of rotatable bonds is 6. The van der Waals surface area contributed by atoms with E-state index < -0.39 is 6.10 Å². The van der Waals surface area contributed by atoms with Crippen molar-refractivity contribution in [3.05, 3.63) is 29.8 Å². The SMILES string of the molecule is CCOC(=O)C(C)Oc1cccc(CC(C)N)c1. The van der Waals surface area contributed by atoms with Crippen LogP contribution in [-0.2, 0) is 16.0 Å². The summed E-state index contributed by atoms with van der Waals surface area (Å²) in [4.78, 5) is 11.4. The molecule has 0 saturated carbocycles. The average molecular weight is 251 g/mol. The first-order chi connectivity index (χ1) is 8.52. The van der Waals surface area contributed by atoms with Crippen molar-refractivity contribution in [3.63, 3.8) is 0 Å². The minimum Gasteiger partial charge on any atom is -0.479 e. The lowest BCUT2D eigenvalue weighted by Crippen LogP contribution is -2.26. The highest BCUT2D eigenvalue weighted by molar-refractivity contribution is 5.74. The molecule has 1 rings (SSSR count). The van der Waals surface area contributed by atoms with E-state index in [-0.39, 0.29) is 12.0 Å². The van der Waals surface area contributed by atoms with Crippen LogP contribution in [0.1, 0.15) is 26.3 Å². The van der Waals surface area contributed by atoms with Crippen LogP contribution in [0.4, 0.5) is 0 Å². The predicted molar refractivity (Wildman–Crippen MR) is 70.5 cm³/mol. The molecule has 2 N–H and O–H groups in total. The quantitative estimate of drug-likeness (QED) is 0.784. The minimum absolute atomic E-state index is 0.0998. The van der Waals surface area contributed by atoms with Crippen molar-refractivity contribution >= 4 is 5.97 Å². The molecule has 0 saturated heterocycles. The molecule has 1 aromatic carbocycles. The van der Waals surface area contributed by atoms with Gasteiger partial charge >= 0.3 is 5.97 Å². The molecule has 0 radical (unpaired) electrons. The van der Waals surface area contributed by atoms with Crippen molar-refractivity contribution in [2.24, 2.45) is 5.73 Å². The molecular weight excluding hydrogens is 230 g/mol. The van der Waals surface area contributed by atoms with Gasteiger partial charge in [0.2, 0.25) is 0 Å². The molecule has 0 heterocycles. The van der Waals surface area contributed by atoms with Crippen LogP contribution in [0.3, 0.4) is 0 Å². The molecule has 0 aliphatic heterocycles. The Hall–Kier alpha value is -1.55. The summed E-state index contributed by atoms with van der Waals surface area (Å²) >= 11 is 0. The molecule has 1 aromatic rings. The molecule has 2 atom stereocenters. The average Bonchev–Trinajstić information content (AvgIpc) is 2.28. The van der Waals surface area contributed by atoms with E-state index in [9.17, 15) is 4.79 Å². The van der Waals surface area contributed by atoms with Crippen molar-refractivity contribution in [2.45, 2.75) is 39.3 Å². The maximum Gasteiger partial charge on any atom is 0.347 e. The number of ether oxygens (including phenoxy) is 2. The highest BCUT2D eigenvalue weighted by Gasteiger charge is 2.15. The number of esters is 1. The maximum atomic E-state index is 11.4. The highest BCUT2D eigenvalue weighted by atomic mass is 16.6. The summed E-state index contributed by atoms with van der Waals surface area (Å²) in [6, 6.07) is 7.71. The lowest BCUT2D eigenvalue weighted by Gasteiger charge is -2.14. The Balaban J connectivity index is 2.64. The molecule has 4 heteroatoms. The maximum absolute atomic E-state index is 11.4. The Labute approximate surface area is 108 Å². The summed E-state index contributed by atoms with van der Waals surface area (Å²) in [6.45, 7) is 5.76. The number of hydrogen-bond donors (Lipinski definition) is 1. The number of benzene rings is 1. The largest absolute Gasteiger partial charge is 0.479 e. The zero-order valence-corrected chi connectivity index (χ0v) is 11.2. The van der Waals surface area contributed by atoms with Crippen molar-refractivity contribution < 1.29 is 14.3 Å². The Morgan fingerprint density at radius 1 is 1.39 bits per heavy atom. The lowest BCUT2D eigenvalue weighted by atomic mass is 10.1. The van der Waals surface area contributed by atoms with Gasteiger partial charge in [-0.3, -0.25) is 0 Å². The van der Waals surface area contributed by atoms with Crippen molar-refractivity contribution in [2.75, 3.05) is 6.61 Å². The Kier molecular flexibility index (Phi) is 5.65. The summed E-state index contributed by atoms with van der Waals surface area (Å²) in [7, 11) is 0. The smallest absolute Gasteiger partial charge is 0.347 e. The van der Waals surface area contributed by atoms with Crippen LogP contribution >= 0.6 is 0 Å². The molecule has 4 nitrogen and oxygen atoms in total. The fraction of sp³-hybridized carbons (Fsp3) is 0.500. The molecule has 0 aromatic heterocycles. The fourth-order valence-corrected chi connectivity index (χ4v) is 1.63. The van der Waals surface area contributed by atoms with E-state index in [1.54, 1.807) is 13.8 Å². The van der Waals surface area contributed by atoms with Gasteiger partial charge in [0.25, 0.3) is 0 Å². The van der Waals surface area contributed by atoms with Gasteiger partial charge < -0.3 is 15.2 Å². The molecule has 0 spiro atoms. The summed E-state index contributed by atoms with van der Waals surface area (Å²) in [5.74, 6) is 0.309. The number of carbonyl (C=O) groups is 1. The lowest BCUT2D eigenvalue weighted by molar-refractivity contribution is -0.150. The van der Waals surface area contributed by atoms with Crippen LogP contribution in [0.15, 0.2) is 24.3 Å². The first kappa shape index (κ1) is 14.5. The van der Waals surface area contributed by atoms with Gasteiger partial charge in [-0.25, -0.2) is 4.79 Å². The van der Waals surface area contributed by atoms with Crippen molar-refractivity contribution in [3.8, 4) is 5.75 Å². The van der Waals surface area contributed by atoms with Gasteiger partial charge in [0.1, 0.15) is 5.75 Å². The molecule has 0 bridgehead atoms. The van der Waals surface area contributed by atoms with Gasteiger partial charge in [-0.05, 0) is 44.9 Å². The molecule has 18 heavy (non-hydrogen) atoms. The van der Waals surface area contributed by atoms with Gasteiger partial charge in [-0.2, -0.15) is 0 Å². The van der Waals surface area contributed by atoms with E-state index in [2.05, 4.69) is 0 Å². The van der Waals surface area contributed by atoms with Gasteiger partial charge in [-0.1, -0.05) is 12.1 Å². The molecule has 0 aliphatic rings.